The van der Waals surface area contributed by atoms with E-state index in [4.69, 9.17) is 4.74 Å². The van der Waals surface area contributed by atoms with Crippen LogP contribution in [0.2, 0.25) is 0 Å². The maximum Gasteiger partial charge on any atom is 0.243 e. The molecular formula is C13H18BrNO3S. The molecule has 1 heterocycles. The summed E-state index contributed by atoms with van der Waals surface area (Å²) in [6.07, 6.45) is 1.70. The molecule has 0 unspecified atom stereocenters. The van der Waals surface area contributed by atoms with Crippen LogP contribution in [-0.2, 0) is 20.1 Å². The van der Waals surface area contributed by atoms with Gasteiger partial charge in [0.1, 0.15) is 0 Å². The molecule has 0 bridgehead atoms. The Bertz CT molecular complexity index is 507. The van der Waals surface area contributed by atoms with E-state index in [9.17, 15) is 8.42 Å². The molecule has 1 aliphatic heterocycles. The van der Waals surface area contributed by atoms with Crippen molar-refractivity contribution < 1.29 is 13.2 Å². The first kappa shape index (κ1) is 15.0. The monoisotopic (exact) mass is 347 g/mol. The Hall–Kier alpha value is -0.430. The first-order valence-electron chi connectivity index (χ1n) is 6.26. The summed E-state index contributed by atoms with van der Waals surface area (Å²) in [6.45, 7) is 1.06. The third kappa shape index (κ3) is 3.37. The minimum Gasteiger partial charge on any atom is -0.381 e. The Morgan fingerprint density at radius 2 is 1.84 bits per heavy atom. The van der Waals surface area contributed by atoms with E-state index in [0.717, 1.165) is 23.7 Å². The Labute approximate surface area is 122 Å². The van der Waals surface area contributed by atoms with Crippen molar-refractivity contribution in [2.45, 2.75) is 29.2 Å². The molecule has 1 fully saturated rings. The summed E-state index contributed by atoms with van der Waals surface area (Å²) in [4.78, 5) is 0.369. The van der Waals surface area contributed by atoms with Crippen molar-refractivity contribution in [3.05, 3.63) is 29.8 Å². The van der Waals surface area contributed by atoms with Gasteiger partial charge in [0.15, 0.2) is 0 Å². The molecule has 2 rings (SSSR count). The fourth-order valence-corrected chi connectivity index (χ4v) is 4.05. The number of sulfonamides is 1. The summed E-state index contributed by atoms with van der Waals surface area (Å²) in [5, 5.41) is 0.729. The Morgan fingerprint density at radius 3 is 2.32 bits per heavy atom. The van der Waals surface area contributed by atoms with Gasteiger partial charge >= 0.3 is 0 Å². The molecule has 0 spiro atoms. The number of benzene rings is 1. The summed E-state index contributed by atoms with van der Waals surface area (Å²) in [5.74, 6) is 0. The average molecular weight is 348 g/mol. The molecule has 0 atom stereocenters. The van der Waals surface area contributed by atoms with E-state index in [1.807, 2.05) is 12.1 Å². The van der Waals surface area contributed by atoms with E-state index < -0.39 is 10.0 Å². The predicted molar refractivity (Wildman–Crippen MR) is 77.9 cm³/mol. The molecule has 19 heavy (non-hydrogen) atoms. The van der Waals surface area contributed by atoms with Crippen LogP contribution in [0.4, 0.5) is 0 Å². The molecule has 0 aromatic heterocycles. The Kier molecular flexibility index (Phi) is 5.00. The largest absolute Gasteiger partial charge is 0.381 e. The number of methoxy groups -OCH3 is 1. The van der Waals surface area contributed by atoms with E-state index in [0.29, 0.717) is 18.0 Å². The van der Waals surface area contributed by atoms with Crippen LogP contribution in [0.25, 0.3) is 0 Å². The van der Waals surface area contributed by atoms with Crippen molar-refractivity contribution in [1.82, 2.24) is 4.31 Å². The molecule has 4 nitrogen and oxygen atoms in total. The van der Waals surface area contributed by atoms with Gasteiger partial charge in [-0.15, -0.1) is 0 Å². The highest BCUT2D eigenvalue weighted by molar-refractivity contribution is 9.08. The summed E-state index contributed by atoms with van der Waals surface area (Å²) >= 11 is 3.35. The van der Waals surface area contributed by atoms with Gasteiger partial charge in [-0.3, -0.25) is 0 Å². The lowest BCUT2D eigenvalue weighted by Gasteiger charge is -2.30. The number of ether oxygens (including phenoxy) is 1. The molecule has 1 saturated heterocycles. The van der Waals surface area contributed by atoms with Crippen LogP contribution >= 0.6 is 15.9 Å². The fourth-order valence-electron chi connectivity index (χ4n) is 2.21. The van der Waals surface area contributed by atoms with E-state index in [1.165, 1.54) is 0 Å². The number of halogens is 1. The fraction of sp³-hybridized carbons (Fsp3) is 0.538. The van der Waals surface area contributed by atoms with Crippen LogP contribution in [-0.4, -0.2) is 39.0 Å². The second-order valence-corrected chi connectivity index (χ2v) is 7.12. The van der Waals surface area contributed by atoms with Crippen molar-refractivity contribution in [3.63, 3.8) is 0 Å². The second-order valence-electron chi connectivity index (χ2n) is 4.62. The highest BCUT2D eigenvalue weighted by Gasteiger charge is 2.29. The molecule has 0 amide bonds. The number of piperidine rings is 1. The first-order chi connectivity index (χ1) is 9.07. The van der Waals surface area contributed by atoms with Crippen molar-refractivity contribution in [2.75, 3.05) is 20.2 Å². The third-order valence-electron chi connectivity index (χ3n) is 3.45. The summed E-state index contributed by atoms with van der Waals surface area (Å²) in [7, 11) is -1.68. The zero-order valence-corrected chi connectivity index (χ0v) is 13.3. The maximum absolute atomic E-state index is 12.5. The standard InChI is InChI=1S/C13H18BrNO3S/c1-18-12-6-8-15(9-7-12)19(16,17)13-4-2-11(10-14)3-5-13/h2-5,12H,6-10H2,1H3. The van der Waals surface area contributed by atoms with E-state index in [2.05, 4.69) is 15.9 Å². The maximum atomic E-state index is 12.5. The van der Waals surface area contributed by atoms with Gasteiger partial charge in [-0.2, -0.15) is 4.31 Å². The van der Waals surface area contributed by atoms with Crippen LogP contribution < -0.4 is 0 Å². The average Bonchev–Trinajstić information content (AvgIpc) is 2.47. The molecule has 1 aromatic rings. The lowest BCUT2D eigenvalue weighted by atomic mass is 10.1. The van der Waals surface area contributed by atoms with Crippen LogP contribution in [0.15, 0.2) is 29.2 Å². The number of hydrogen-bond acceptors (Lipinski definition) is 3. The van der Waals surface area contributed by atoms with Crippen molar-refractivity contribution >= 4 is 26.0 Å². The third-order valence-corrected chi connectivity index (χ3v) is 6.01. The number of hydrogen-bond donors (Lipinski definition) is 0. The minimum atomic E-state index is -3.36. The van der Waals surface area contributed by atoms with E-state index in [-0.39, 0.29) is 6.10 Å². The lowest BCUT2D eigenvalue weighted by Crippen LogP contribution is -2.40. The highest BCUT2D eigenvalue weighted by Crippen LogP contribution is 2.22. The summed E-state index contributed by atoms with van der Waals surface area (Å²) in [5.41, 5.74) is 1.07. The zero-order valence-electron chi connectivity index (χ0n) is 10.9. The molecular weight excluding hydrogens is 330 g/mol. The first-order valence-corrected chi connectivity index (χ1v) is 8.82. The normalized spacial score (nSPS) is 18.6. The van der Waals surface area contributed by atoms with Gasteiger partial charge in [0.25, 0.3) is 0 Å². The Morgan fingerprint density at radius 1 is 1.26 bits per heavy atom. The van der Waals surface area contributed by atoms with Crippen LogP contribution in [0.5, 0.6) is 0 Å². The smallest absolute Gasteiger partial charge is 0.243 e. The quantitative estimate of drug-likeness (QED) is 0.785. The molecule has 0 aliphatic carbocycles. The molecule has 0 N–H and O–H groups in total. The lowest BCUT2D eigenvalue weighted by molar-refractivity contribution is 0.0604. The van der Waals surface area contributed by atoms with E-state index in [1.54, 1.807) is 23.5 Å². The van der Waals surface area contributed by atoms with Gasteiger partial charge in [-0.05, 0) is 30.5 Å². The SMILES string of the molecule is COC1CCN(S(=O)(=O)c2ccc(CBr)cc2)CC1. The van der Waals surface area contributed by atoms with Crippen molar-refractivity contribution in [3.8, 4) is 0 Å². The summed E-state index contributed by atoms with van der Waals surface area (Å²) < 4.78 is 31.7. The van der Waals surface area contributed by atoms with Gasteiger partial charge in [-0.25, -0.2) is 8.42 Å². The predicted octanol–water partition coefficient (Wildman–Crippen LogP) is 2.38. The topological polar surface area (TPSA) is 46.6 Å². The van der Waals surface area contributed by atoms with Gasteiger partial charge in [0.05, 0.1) is 11.0 Å². The Balaban J connectivity index is 2.13. The van der Waals surface area contributed by atoms with Crippen molar-refractivity contribution in [1.29, 1.82) is 0 Å². The molecule has 106 valence electrons. The van der Waals surface area contributed by atoms with Gasteiger partial charge in [0.2, 0.25) is 10.0 Å². The van der Waals surface area contributed by atoms with Crippen LogP contribution in [0, 0.1) is 0 Å². The van der Waals surface area contributed by atoms with Crippen molar-refractivity contribution in [2.24, 2.45) is 0 Å². The van der Waals surface area contributed by atoms with Gasteiger partial charge in [-0.1, -0.05) is 28.1 Å². The molecule has 6 heteroatoms. The number of rotatable bonds is 4. The summed E-state index contributed by atoms with van der Waals surface area (Å²) in [6, 6.07) is 7.02. The highest BCUT2D eigenvalue weighted by atomic mass is 79.9. The molecule has 0 saturated carbocycles. The number of nitrogens with zero attached hydrogens (tertiary/aromatic N) is 1. The molecule has 0 radical (unpaired) electrons. The number of alkyl halides is 1. The second kappa shape index (κ2) is 6.35. The molecule has 1 aliphatic rings. The van der Waals surface area contributed by atoms with Gasteiger partial charge < -0.3 is 4.74 Å². The molecule has 1 aromatic carbocycles. The zero-order chi connectivity index (χ0) is 13.9. The van der Waals surface area contributed by atoms with Gasteiger partial charge in [0, 0.05) is 25.5 Å². The van der Waals surface area contributed by atoms with Crippen LogP contribution in [0.3, 0.4) is 0 Å². The van der Waals surface area contributed by atoms with Crippen LogP contribution in [0.1, 0.15) is 18.4 Å². The minimum absolute atomic E-state index is 0.183. The van der Waals surface area contributed by atoms with E-state index >= 15 is 0 Å².